The van der Waals surface area contributed by atoms with Crippen LogP contribution in [0.4, 0.5) is 0 Å². The molecule has 1 aromatic heterocycles. The Morgan fingerprint density at radius 3 is 2.80 bits per heavy atom. The molecule has 0 spiro atoms. The summed E-state index contributed by atoms with van der Waals surface area (Å²) in [5.41, 5.74) is 1.36. The van der Waals surface area contributed by atoms with E-state index in [2.05, 4.69) is 38.4 Å². The lowest BCUT2D eigenvalue weighted by molar-refractivity contribution is 0.136. The van der Waals surface area contributed by atoms with Gasteiger partial charge in [-0.25, -0.2) is 4.98 Å². The van der Waals surface area contributed by atoms with Crippen LogP contribution in [-0.2, 0) is 15.7 Å². The van der Waals surface area contributed by atoms with E-state index in [0.717, 1.165) is 45.4 Å². The molecular formula is C16H28N2OS. The van der Waals surface area contributed by atoms with Gasteiger partial charge in [-0.1, -0.05) is 27.7 Å². The maximum absolute atomic E-state index is 5.66. The molecule has 4 heteroatoms. The van der Waals surface area contributed by atoms with E-state index in [1.807, 2.05) is 11.3 Å². The van der Waals surface area contributed by atoms with Crippen molar-refractivity contribution in [1.29, 1.82) is 0 Å². The second-order valence-electron chi connectivity index (χ2n) is 6.76. The van der Waals surface area contributed by atoms with Crippen molar-refractivity contribution in [2.45, 2.75) is 64.3 Å². The van der Waals surface area contributed by atoms with Crippen LogP contribution in [0.1, 0.15) is 64.1 Å². The van der Waals surface area contributed by atoms with Gasteiger partial charge >= 0.3 is 0 Å². The fourth-order valence-electron chi connectivity index (χ4n) is 2.62. The SMILES string of the molecule is CCCNC1(c2nc(C(C)(C)C)cs2)CCCOCC1. The Kier molecular flexibility index (Phi) is 5.21. The smallest absolute Gasteiger partial charge is 0.113 e. The Balaban J connectivity index is 2.27. The highest BCUT2D eigenvalue weighted by Gasteiger charge is 2.36. The molecule has 0 aliphatic carbocycles. The van der Waals surface area contributed by atoms with E-state index >= 15 is 0 Å². The average molecular weight is 296 g/mol. The van der Waals surface area contributed by atoms with Crippen LogP contribution in [-0.4, -0.2) is 24.7 Å². The molecule has 0 saturated carbocycles. The Bertz CT molecular complexity index is 414. The van der Waals surface area contributed by atoms with Gasteiger partial charge in [0.2, 0.25) is 0 Å². The normalized spacial score (nSPS) is 24.6. The monoisotopic (exact) mass is 296 g/mol. The van der Waals surface area contributed by atoms with Gasteiger partial charge in [0, 0.05) is 24.0 Å². The number of aromatic nitrogens is 1. The summed E-state index contributed by atoms with van der Waals surface area (Å²) in [5.74, 6) is 0. The molecule has 1 aromatic rings. The van der Waals surface area contributed by atoms with Crippen molar-refractivity contribution in [3.05, 3.63) is 16.1 Å². The third kappa shape index (κ3) is 3.60. The number of rotatable bonds is 4. The van der Waals surface area contributed by atoms with Gasteiger partial charge in [-0.05, 0) is 32.2 Å². The number of hydrogen-bond donors (Lipinski definition) is 1. The van der Waals surface area contributed by atoms with Gasteiger partial charge in [0.1, 0.15) is 5.01 Å². The molecule has 0 amide bonds. The molecule has 2 heterocycles. The fraction of sp³-hybridized carbons (Fsp3) is 0.812. The molecule has 20 heavy (non-hydrogen) atoms. The molecule has 1 atom stereocenters. The van der Waals surface area contributed by atoms with Crippen LogP contribution < -0.4 is 5.32 Å². The average Bonchev–Trinajstić information content (AvgIpc) is 2.79. The zero-order chi connectivity index (χ0) is 14.6. The number of nitrogens with one attached hydrogen (secondary N) is 1. The van der Waals surface area contributed by atoms with E-state index in [1.54, 1.807) is 0 Å². The second-order valence-corrected chi connectivity index (χ2v) is 7.62. The Hall–Kier alpha value is -0.450. The summed E-state index contributed by atoms with van der Waals surface area (Å²) in [7, 11) is 0. The molecule has 1 saturated heterocycles. The molecule has 1 unspecified atom stereocenters. The highest BCUT2D eigenvalue weighted by Crippen LogP contribution is 2.36. The maximum Gasteiger partial charge on any atom is 0.113 e. The third-order valence-electron chi connectivity index (χ3n) is 3.96. The molecule has 2 rings (SSSR count). The van der Waals surface area contributed by atoms with Crippen LogP contribution in [0.25, 0.3) is 0 Å². The summed E-state index contributed by atoms with van der Waals surface area (Å²) >= 11 is 1.81. The van der Waals surface area contributed by atoms with Gasteiger partial charge in [-0.3, -0.25) is 0 Å². The summed E-state index contributed by atoms with van der Waals surface area (Å²) in [6.45, 7) is 11.7. The molecule has 0 radical (unpaired) electrons. The lowest BCUT2D eigenvalue weighted by Gasteiger charge is -2.31. The number of nitrogens with zero attached hydrogens (tertiary/aromatic N) is 1. The highest BCUT2D eigenvalue weighted by atomic mass is 32.1. The molecular weight excluding hydrogens is 268 g/mol. The van der Waals surface area contributed by atoms with Crippen molar-refractivity contribution in [2.24, 2.45) is 0 Å². The summed E-state index contributed by atoms with van der Waals surface area (Å²) in [5, 5.41) is 7.26. The lowest BCUT2D eigenvalue weighted by Crippen LogP contribution is -2.43. The number of ether oxygens (including phenoxy) is 1. The highest BCUT2D eigenvalue weighted by molar-refractivity contribution is 7.09. The van der Waals surface area contributed by atoms with Gasteiger partial charge in [-0.2, -0.15) is 0 Å². The minimum Gasteiger partial charge on any atom is -0.381 e. The molecule has 0 bridgehead atoms. The zero-order valence-corrected chi connectivity index (χ0v) is 14.1. The van der Waals surface area contributed by atoms with Crippen LogP contribution in [0.3, 0.4) is 0 Å². The molecule has 1 aliphatic heterocycles. The first kappa shape index (κ1) is 15.9. The van der Waals surface area contributed by atoms with E-state index in [0.29, 0.717) is 0 Å². The van der Waals surface area contributed by atoms with Crippen LogP contribution in [0, 0.1) is 0 Å². The van der Waals surface area contributed by atoms with Crippen LogP contribution in [0.2, 0.25) is 0 Å². The van der Waals surface area contributed by atoms with Gasteiger partial charge in [-0.15, -0.1) is 11.3 Å². The minimum absolute atomic E-state index is 0.0284. The number of thiazole rings is 1. The standard InChI is InChI=1S/C16H28N2OS/c1-5-9-17-16(7-6-10-19-11-8-16)14-18-13(12-20-14)15(2,3)4/h12,17H,5-11H2,1-4H3. The summed E-state index contributed by atoms with van der Waals surface area (Å²) in [4.78, 5) is 4.97. The Morgan fingerprint density at radius 1 is 1.35 bits per heavy atom. The van der Waals surface area contributed by atoms with E-state index < -0.39 is 0 Å². The first-order valence-corrected chi connectivity index (χ1v) is 8.65. The minimum atomic E-state index is 0.0284. The predicted octanol–water partition coefficient (Wildman–Crippen LogP) is 3.84. The summed E-state index contributed by atoms with van der Waals surface area (Å²) in [6.07, 6.45) is 4.43. The van der Waals surface area contributed by atoms with E-state index in [4.69, 9.17) is 9.72 Å². The quantitative estimate of drug-likeness (QED) is 0.916. The van der Waals surface area contributed by atoms with Crippen LogP contribution >= 0.6 is 11.3 Å². The maximum atomic E-state index is 5.66. The Morgan fingerprint density at radius 2 is 2.15 bits per heavy atom. The third-order valence-corrected chi connectivity index (χ3v) is 5.01. The topological polar surface area (TPSA) is 34.2 Å². The lowest BCUT2D eigenvalue weighted by atomic mass is 9.90. The largest absolute Gasteiger partial charge is 0.381 e. The van der Waals surface area contributed by atoms with Gasteiger partial charge in [0.15, 0.2) is 0 Å². The molecule has 3 nitrogen and oxygen atoms in total. The predicted molar refractivity (Wildman–Crippen MR) is 85.5 cm³/mol. The van der Waals surface area contributed by atoms with Crippen molar-refractivity contribution in [3.63, 3.8) is 0 Å². The van der Waals surface area contributed by atoms with E-state index in [1.165, 1.54) is 10.7 Å². The molecule has 1 N–H and O–H groups in total. The van der Waals surface area contributed by atoms with Crippen molar-refractivity contribution in [2.75, 3.05) is 19.8 Å². The first-order chi connectivity index (χ1) is 9.48. The van der Waals surface area contributed by atoms with Crippen LogP contribution in [0.5, 0.6) is 0 Å². The molecule has 0 aromatic carbocycles. The van der Waals surface area contributed by atoms with E-state index in [9.17, 15) is 0 Å². The molecule has 114 valence electrons. The second kappa shape index (κ2) is 6.54. The first-order valence-electron chi connectivity index (χ1n) is 7.77. The van der Waals surface area contributed by atoms with Crippen LogP contribution in [0.15, 0.2) is 5.38 Å². The van der Waals surface area contributed by atoms with Crippen molar-refractivity contribution in [1.82, 2.24) is 10.3 Å². The van der Waals surface area contributed by atoms with Gasteiger partial charge in [0.05, 0.1) is 11.2 Å². The summed E-state index contributed by atoms with van der Waals surface area (Å²) in [6, 6.07) is 0. The van der Waals surface area contributed by atoms with Crippen molar-refractivity contribution < 1.29 is 4.74 Å². The van der Waals surface area contributed by atoms with E-state index in [-0.39, 0.29) is 11.0 Å². The molecule has 1 fully saturated rings. The van der Waals surface area contributed by atoms with Gasteiger partial charge < -0.3 is 10.1 Å². The van der Waals surface area contributed by atoms with Gasteiger partial charge in [0.25, 0.3) is 0 Å². The zero-order valence-electron chi connectivity index (χ0n) is 13.3. The number of hydrogen-bond acceptors (Lipinski definition) is 4. The Labute approximate surface area is 127 Å². The van der Waals surface area contributed by atoms with Crippen molar-refractivity contribution >= 4 is 11.3 Å². The molecule has 1 aliphatic rings. The summed E-state index contributed by atoms with van der Waals surface area (Å²) < 4.78 is 5.66. The fourth-order valence-corrected chi connectivity index (χ4v) is 3.90. The van der Waals surface area contributed by atoms with Crippen molar-refractivity contribution in [3.8, 4) is 0 Å².